The maximum atomic E-state index is 9.15. The molecule has 6 heteroatoms. The fourth-order valence-electron chi connectivity index (χ4n) is 2.22. The van der Waals surface area contributed by atoms with E-state index in [1.165, 1.54) is 19.3 Å². The number of aliphatic hydroxyl groups is 2. The first-order valence-corrected chi connectivity index (χ1v) is 7.26. The molecule has 0 radical (unpaired) electrons. The Morgan fingerprint density at radius 3 is 2.91 bits per heavy atom. The Morgan fingerprint density at radius 1 is 1.32 bits per heavy atom. The second-order valence-electron chi connectivity index (χ2n) is 5.32. The molecule has 6 nitrogen and oxygen atoms in total. The minimum atomic E-state index is -1.74. The number of hydrogen-bond donors (Lipinski definition) is 3. The normalized spacial score (nSPS) is 14.3. The van der Waals surface area contributed by atoms with Gasteiger partial charge in [0.1, 0.15) is 5.75 Å². The second-order valence-corrected chi connectivity index (χ2v) is 5.32. The number of hydrogen-bond acceptors (Lipinski definition) is 5. The Balaban J connectivity index is 1.69. The number of aromatic nitrogens is 3. The number of nitrogens with zero attached hydrogens (tertiary/aromatic N) is 2. The molecular weight excluding hydrogens is 282 g/mol. The molecule has 3 rings (SSSR count). The highest BCUT2D eigenvalue weighted by Gasteiger charge is 2.17. The maximum Gasteiger partial charge on any atom is 0.267 e. The molecule has 0 amide bonds. The van der Waals surface area contributed by atoms with E-state index in [4.69, 9.17) is 14.9 Å². The summed E-state index contributed by atoms with van der Waals surface area (Å²) in [5.41, 5.74) is 0.799. The van der Waals surface area contributed by atoms with Crippen LogP contribution < -0.4 is 4.74 Å². The smallest absolute Gasteiger partial charge is 0.267 e. The summed E-state index contributed by atoms with van der Waals surface area (Å²) in [7, 11) is 0. The summed E-state index contributed by atoms with van der Waals surface area (Å²) in [4.78, 5) is 0. The van der Waals surface area contributed by atoms with Crippen LogP contribution in [0.4, 0.5) is 0 Å². The van der Waals surface area contributed by atoms with Gasteiger partial charge in [-0.15, -0.1) is 5.10 Å². The second kappa shape index (κ2) is 6.60. The molecule has 1 aliphatic rings. The van der Waals surface area contributed by atoms with Gasteiger partial charge in [0.2, 0.25) is 6.29 Å². The lowest BCUT2D eigenvalue weighted by Crippen LogP contribution is -2.09. The summed E-state index contributed by atoms with van der Waals surface area (Å²) >= 11 is 0. The summed E-state index contributed by atoms with van der Waals surface area (Å²) < 4.78 is 5.52. The van der Waals surface area contributed by atoms with Crippen molar-refractivity contribution in [2.45, 2.75) is 32.0 Å². The van der Waals surface area contributed by atoms with Crippen molar-refractivity contribution in [2.75, 3.05) is 0 Å². The van der Waals surface area contributed by atoms with E-state index in [9.17, 15) is 0 Å². The van der Waals surface area contributed by atoms with Gasteiger partial charge in [0.15, 0.2) is 5.69 Å². The molecule has 3 N–H and O–H groups in total. The van der Waals surface area contributed by atoms with Crippen molar-refractivity contribution in [1.82, 2.24) is 15.4 Å². The van der Waals surface area contributed by atoms with E-state index in [0.717, 1.165) is 17.9 Å². The SMILES string of the molecule is OC(O)c1n[nH]nc1Oc1cccc(C#CCC2CCC2)c1. The van der Waals surface area contributed by atoms with E-state index in [1.54, 1.807) is 12.1 Å². The van der Waals surface area contributed by atoms with Crippen LogP contribution >= 0.6 is 0 Å². The minimum absolute atomic E-state index is 0.0366. The van der Waals surface area contributed by atoms with Gasteiger partial charge in [-0.05, 0) is 37.0 Å². The van der Waals surface area contributed by atoms with Crippen molar-refractivity contribution in [3.63, 3.8) is 0 Å². The van der Waals surface area contributed by atoms with Crippen molar-refractivity contribution in [3.05, 3.63) is 35.5 Å². The number of nitrogens with one attached hydrogen (secondary N) is 1. The lowest BCUT2D eigenvalue weighted by molar-refractivity contribution is -0.0470. The Morgan fingerprint density at radius 2 is 2.18 bits per heavy atom. The minimum Gasteiger partial charge on any atom is -0.436 e. The van der Waals surface area contributed by atoms with Crippen LogP contribution in [0.25, 0.3) is 0 Å². The molecule has 0 unspecified atom stereocenters. The van der Waals surface area contributed by atoms with Gasteiger partial charge in [0.25, 0.3) is 5.88 Å². The Hall–Kier alpha value is -2.36. The van der Waals surface area contributed by atoms with Crippen LogP contribution in [0, 0.1) is 17.8 Å². The van der Waals surface area contributed by atoms with E-state index in [1.807, 2.05) is 12.1 Å². The summed E-state index contributed by atoms with van der Waals surface area (Å²) in [5, 5.41) is 28.0. The van der Waals surface area contributed by atoms with Crippen LogP contribution in [-0.2, 0) is 0 Å². The van der Waals surface area contributed by atoms with E-state index < -0.39 is 6.29 Å². The highest BCUT2D eigenvalue weighted by atomic mass is 16.5. The Bertz CT molecular complexity index is 696. The van der Waals surface area contributed by atoms with Crippen LogP contribution in [0.3, 0.4) is 0 Å². The number of aliphatic hydroxyl groups excluding tert-OH is 1. The molecule has 0 atom stereocenters. The standard InChI is InChI=1S/C16H17N3O3/c20-16(21)14-15(18-19-17-14)22-13-9-3-8-12(10-13)7-2-6-11-4-1-5-11/h3,8-11,16,20-21H,1,4-6H2,(H,17,18,19). The summed E-state index contributed by atoms with van der Waals surface area (Å²) in [6.45, 7) is 0. The molecule has 114 valence electrons. The van der Waals surface area contributed by atoms with Crippen molar-refractivity contribution in [3.8, 4) is 23.5 Å². The largest absolute Gasteiger partial charge is 0.436 e. The first kappa shape index (κ1) is 14.6. The van der Waals surface area contributed by atoms with Crippen LogP contribution in [-0.4, -0.2) is 25.6 Å². The number of rotatable bonds is 4. The first-order chi connectivity index (χ1) is 10.7. The lowest BCUT2D eigenvalue weighted by Gasteiger charge is -2.22. The van der Waals surface area contributed by atoms with E-state index in [-0.39, 0.29) is 11.6 Å². The monoisotopic (exact) mass is 299 g/mol. The molecule has 1 aliphatic carbocycles. The third kappa shape index (κ3) is 3.45. The average molecular weight is 299 g/mol. The zero-order valence-electron chi connectivity index (χ0n) is 12.0. The molecule has 2 aromatic rings. The number of benzene rings is 1. The van der Waals surface area contributed by atoms with E-state index in [2.05, 4.69) is 27.3 Å². The van der Waals surface area contributed by atoms with E-state index >= 15 is 0 Å². The molecule has 0 aliphatic heterocycles. The van der Waals surface area contributed by atoms with Gasteiger partial charge in [0, 0.05) is 12.0 Å². The molecule has 0 bridgehead atoms. The van der Waals surface area contributed by atoms with Crippen molar-refractivity contribution >= 4 is 0 Å². The lowest BCUT2D eigenvalue weighted by atomic mass is 9.83. The highest BCUT2D eigenvalue weighted by molar-refractivity contribution is 5.41. The third-order valence-electron chi connectivity index (χ3n) is 3.68. The molecule has 1 saturated carbocycles. The Kier molecular flexibility index (Phi) is 4.37. The van der Waals surface area contributed by atoms with Gasteiger partial charge < -0.3 is 14.9 Å². The van der Waals surface area contributed by atoms with Gasteiger partial charge in [-0.2, -0.15) is 10.3 Å². The van der Waals surface area contributed by atoms with Crippen LogP contribution in [0.15, 0.2) is 24.3 Å². The molecule has 1 aromatic heterocycles. The van der Waals surface area contributed by atoms with Crippen molar-refractivity contribution in [1.29, 1.82) is 0 Å². The molecule has 1 heterocycles. The zero-order valence-corrected chi connectivity index (χ0v) is 12.0. The van der Waals surface area contributed by atoms with Gasteiger partial charge >= 0.3 is 0 Å². The average Bonchev–Trinajstić information content (AvgIpc) is 2.90. The van der Waals surface area contributed by atoms with Crippen molar-refractivity contribution < 1.29 is 14.9 Å². The summed E-state index contributed by atoms with van der Waals surface area (Å²) in [6.07, 6.45) is 3.10. The topological polar surface area (TPSA) is 91.3 Å². The molecule has 1 fully saturated rings. The fraction of sp³-hybridized carbons (Fsp3) is 0.375. The Labute approximate surface area is 128 Å². The summed E-state index contributed by atoms with van der Waals surface area (Å²) in [5.74, 6) is 7.64. The predicted octanol–water partition coefficient (Wildman–Crippen LogP) is 2.12. The van der Waals surface area contributed by atoms with Crippen molar-refractivity contribution in [2.24, 2.45) is 5.92 Å². The first-order valence-electron chi connectivity index (χ1n) is 7.26. The van der Waals surface area contributed by atoms with Gasteiger partial charge in [-0.1, -0.05) is 24.3 Å². The number of H-pyrrole nitrogens is 1. The fourth-order valence-corrected chi connectivity index (χ4v) is 2.22. The molecule has 0 saturated heterocycles. The zero-order chi connectivity index (χ0) is 15.4. The van der Waals surface area contributed by atoms with Crippen LogP contribution in [0.1, 0.15) is 43.2 Å². The summed E-state index contributed by atoms with van der Waals surface area (Å²) in [6, 6.07) is 7.28. The maximum absolute atomic E-state index is 9.15. The third-order valence-corrected chi connectivity index (χ3v) is 3.68. The van der Waals surface area contributed by atoms with E-state index in [0.29, 0.717) is 5.75 Å². The molecular formula is C16H17N3O3. The number of aromatic amines is 1. The highest BCUT2D eigenvalue weighted by Crippen LogP contribution is 2.29. The quantitative estimate of drug-likeness (QED) is 0.594. The van der Waals surface area contributed by atoms with Crippen LogP contribution in [0.2, 0.25) is 0 Å². The van der Waals surface area contributed by atoms with Gasteiger partial charge in [-0.25, -0.2) is 0 Å². The molecule has 0 spiro atoms. The van der Waals surface area contributed by atoms with Crippen LogP contribution in [0.5, 0.6) is 11.6 Å². The molecule has 22 heavy (non-hydrogen) atoms. The van der Waals surface area contributed by atoms with Gasteiger partial charge in [0.05, 0.1) is 0 Å². The number of ether oxygens (including phenoxy) is 1. The predicted molar refractivity (Wildman–Crippen MR) is 78.9 cm³/mol. The van der Waals surface area contributed by atoms with Gasteiger partial charge in [-0.3, -0.25) is 0 Å². The molecule has 1 aromatic carbocycles.